The van der Waals surface area contributed by atoms with Gasteiger partial charge in [-0.15, -0.1) is 0 Å². The average molecular weight is 143 g/mol. The summed E-state index contributed by atoms with van der Waals surface area (Å²) in [4.78, 5) is 0. The van der Waals surface area contributed by atoms with E-state index >= 15 is 0 Å². The van der Waals surface area contributed by atoms with Gasteiger partial charge in [0.15, 0.2) is 0 Å². The Morgan fingerprint density at radius 1 is 1.78 bits per heavy atom. The van der Waals surface area contributed by atoms with Crippen LogP contribution >= 0.6 is 11.8 Å². The maximum atomic E-state index is 8.11. The SMILES string of the molecule is N#CCCOCC1CS1. The van der Waals surface area contributed by atoms with Crippen molar-refractivity contribution in [1.82, 2.24) is 0 Å². The Balaban J connectivity index is 1.77. The maximum Gasteiger partial charge on any atom is 0.0645 e. The zero-order valence-corrected chi connectivity index (χ0v) is 5.99. The molecule has 9 heavy (non-hydrogen) atoms. The van der Waals surface area contributed by atoms with Gasteiger partial charge in [-0.3, -0.25) is 0 Å². The first-order valence-corrected chi connectivity index (χ1v) is 4.04. The number of ether oxygens (including phenoxy) is 1. The molecule has 0 aromatic heterocycles. The molecule has 3 heteroatoms. The largest absolute Gasteiger partial charge is 0.379 e. The lowest BCUT2D eigenvalue weighted by Crippen LogP contribution is -2.00. The number of rotatable bonds is 4. The van der Waals surface area contributed by atoms with Crippen molar-refractivity contribution in [2.45, 2.75) is 11.7 Å². The van der Waals surface area contributed by atoms with Crippen LogP contribution in [0, 0.1) is 11.3 Å². The van der Waals surface area contributed by atoms with Gasteiger partial charge >= 0.3 is 0 Å². The lowest BCUT2D eigenvalue weighted by Gasteiger charge is -1.95. The quantitative estimate of drug-likeness (QED) is 0.435. The van der Waals surface area contributed by atoms with Crippen LogP contribution in [0.5, 0.6) is 0 Å². The molecule has 0 aromatic carbocycles. The van der Waals surface area contributed by atoms with Gasteiger partial charge in [-0.1, -0.05) is 0 Å². The van der Waals surface area contributed by atoms with Gasteiger partial charge < -0.3 is 4.74 Å². The van der Waals surface area contributed by atoms with Crippen molar-refractivity contribution >= 4 is 11.8 Å². The van der Waals surface area contributed by atoms with Crippen molar-refractivity contribution < 1.29 is 4.74 Å². The maximum absolute atomic E-state index is 8.11. The number of nitrogens with zero attached hydrogens (tertiary/aromatic N) is 1. The first kappa shape index (κ1) is 6.91. The molecule has 0 N–H and O–H groups in total. The highest BCUT2D eigenvalue weighted by molar-refractivity contribution is 8.06. The zero-order chi connectivity index (χ0) is 6.53. The van der Waals surface area contributed by atoms with Crippen molar-refractivity contribution in [2.24, 2.45) is 0 Å². The molecule has 1 saturated heterocycles. The van der Waals surface area contributed by atoms with Crippen LogP contribution in [0.4, 0.5) is 0 Å². The Kier molecular flexibility index (Phi) is 2.88. The summed E-state index contributed by atoms with van der Waals surface area (Å²) in [6.07, 6.45) is 0.525. The van der Waals surface area contributed by atoms with Crippen molar-refractivity contribution in [2.75, 3.05) is 19.0 Å². The third-order valence-electron chi connectivity index (χ3n) is 1.06. The monoisotopic (exact) mass is 143 g/mol. The van der Waals surface area contributed by atoms with E-state index in [2.05, 4.69) is 0 Å². The minimum atomic E-state index is 0.525. The molecule has 1 unspecified atom stereocenters. The highest BCUT2D eigenvalue weighted by Gasteiger charge is 2.21. The predicted octanol–water partition coefficient (Wildman–Crippen LogP) is 1.03. The fraction of sp³-hybridized carbons (Fsp3) is 0.833. The van der Waals surface area contributed by atoms with Crippen molar-refractivity contribution in [3.05, 3.63) is 0 Å². The van der Waals surface area contributed by atoms with E-state index in [1.807, 2.05) is 17.8 Å². The Labute approximate surface area is 59.2 Å². The van der Waals surface area contributed by atoms with E-state index in [0.717, 1.165) is 11.9 Å². The third kappa shape index (κ3) is 3.39. The van der Waals surface area contributed by atoms with E-state index < -0.39 is 0 Å². The smallest absolute Gasteiger partial charge is 0.0645 e. The van der Waals surface area contributed by atoms with E-state index in [0.29, 0.717) is 13.0 Å². The van der Waals surface area contributed by atoms with Gasteiger partial charge in [0.05, 0.1) is 25.7 Å². The van der Waals surface area contributed by atoms with Gasteiger partial charge in [0, 0.05) is 11.0 Å². The molecule has 1 aliphatic rings. The average Bonchev–Trinajstić information content (AvgIpc) is 2.63. The predicted molar refractivity (Wildman–Crippen MR) is 37.3 cm³/mol. The molecule has 1 fully saturated rings. The van der Waals surface area contributed by atoms with Crippen molar-refractivity contribution in [3.63, 3.8) is 0 Å². The molecular weight excluding hydrogens is 134 g/mol. The molecule has 0 amide bonds. The van der Waals surface area contributed by atoms with Crippen LogP contribution in [0.1, 0.15) is 6.42 Å². The highest BCUT2D eigenvalue weighted by Crippen LogP contribution is 2.29. The molecule has 0 bridgehead atoms. The number of nitriles is 1. The van der Waals surface area contributed by atoms with Crippen LogP contribution in [0.2, 0.25) is 0 Å². The summed E-state index contributed by atoms with van der Waals surface area (Å²) < 4.78 is 5.15. The molecule has 0 aliphatic carbocycles. The lowest BCUT2D eigenvalue weighted by molar-refractivity contribution is 0.148. The molecule has 0 saturated carbocycles. The summed E-state index contributed by atoms with van der Waals surface area (Å²) in [5.74, 6) is 1.24. The van der Waals surface area contributed by atoms with Gasteiger partial charge in [0.2, 0.25) is 0 Å². The molecule has 0 radical (unpaired) electrons. The fourth-order valence-electron chi connectivity index (χ4n) is 0.497. The minimum Gasteiger partial charge on any atom is -0.379 e. The zero-order valence-electron chi connectivity index (χ0n) is 5.17. The van der Waals surface area contributed by atoms with Crippen molar-refractivity contribution in [3.8, 4) is 6.07 Å². The minimum absolute atomic E-state index is 0.525. The van der Waals surface area contributed by atoms with E-state index in [1.165, 1.54) is 5.75 Å². The lowest BCUT2D eigenvalue weighted by atomic mass is 10.5. The standard InChI is InChI=1S/C6H9NOS/c7-2-1-3-8-4-6-5-9-6/h6H,1,3-5H2. The molecule has 0 spiro atoms. The summed E-state index contributed by atoms with van der Waals surface area (Å²) >= 11 is 1.92. The van der Waals surface area contributed by atoms with E-state index in [9.17, 15) is 0 Å². The summed E-state index contributed by atoms with van der Waals surface area (Å²) in [5.41, 5.74) is 0. The van der Waals surface area contributed by atoms with E-state index in [4.69, 9.17) is 10.00 Å². The van der Waals surface area contributed by atoms with Crippen LogP contribution < -0.4 is 0 Å². The number of thioether (sulfide) groups is 1. The second-order valence-electron chi connectivity index (χ2n) is 1.94. The topological polar surface area (TPSA) is 33.0 Å². The van der Waals surface area contributed by atoms with Gasteiger partial charge in [-0.2, -0.15) is 17.0 Å². The van der Waals surface area contributed by atoms with E-state index in [-0.39, 0.29) is 0 Å². The molecule has 50 valence electrons. The Hall–Kier alpha value is -0.200. The highest BCUT2D eigenvalue weighted by atomic mass is 32.2. The Morgan fingerprint density at radius 2 is 2.56 bits per heavy atom. The van der Waals surface area contributed by atoms with Gasteiger partial charge in [-0.25, -0.2) is 0 Å². The van der Waals surface area contributed by atoms with Crippen LogP contribution in [-0.2, 0) is 4.74 Å². The molecule has 0 aromatic rings. The Morgan fingerprint density at radius 3 is 3.11 bits per heavy atom. The summed E-state index contributed by atoms with van der Waals surface area (Å²) in [6, 6.07) is 2.03. The molecule has 1 atom stereocenters. The van der Waals surface area contributed by atoms with Crippen LogP contribution in [-0.4, -0.2) is 24.2 Å². The van der Waals surface area contributed by atoms with Crippen molar-refractivity contribution in [1.29, 1.82) is 5.26 Å². The molecule has 1 heterocycles. The molecule has 1 aliphatic heterocycles. The van der Waals surface area contributed by atoms with Crippen LogP contribution in [0.25, 0.3) is 0 Å². The summed E-state index contributed by atoms with van der Waals surface area (Å²) in [6.45, 7) is 1.44. The third-order valence-corrected chi connectivity index (χ3v) is 2.01. The first-order valence-electron chi connectivity index (χ1n) is 3.00. The van der Waals surface area contributed by atoms with Gasteiger partial charge in [0.1, 0.15) is 0 Å². The molecule has 2 nitrogen and oxygen atoms in total. The van der Waals surface area contributed by atoms with Crippen LogP contribution in [0.15, 0.2) is 0 Å². The summed E-state index contributed by atoms with van der Waals surface area (Å²) in [5, 5.41) is 8.85. The molecular formula is C6H9NOS. The fourth-order valence-corrected chi connectivity index (χ4v) is 0.922. The molecule has 1 rings (SSSR count). The number of hydrogen-bond acceptors (Lipinski definition) is 3. The van der Waals surface area contributed by atoms with E-state index in [1.54, 1.807) is 0 Å². The first-order chi connectivity index (χ1) is 4.43. The van der Waals surface area contributed by atoms with Gasteiger partial charge in [0.25, 0.3) is 0 Å². The second-order valence-corrected chi connectivity index (χ2v) is 3.27. The second kappa shape index (κ2) is 3.76. The van der Waals surface area contributed by atoms with Crippen LogP contribution in [0.3, 0.4) is 0 Å². The van der Waals surface area contributed by atoms with Gasteiger partial charge in [-0.05, 0) is 0 Å². The number of hydrogen-bond donors (Lipinski definition) is 0. The summed E-state index contributed by atoms with van der Waals surface area (Å²) in [7, 11) is 0. The normalized spacial score (nSPS) is 23.2. The Bertz CT molecular complexity index is 117.